The predicted octanol–water partition coefficient (Wildman–Crippen LogP) is 4.16. The highest BCUT2D eigenvalue weighted by atomic mass is 32.1. The zero-order valence-corrected chi connectivity index (χ0v) is 10.7. The lowest BCUT2D eigenvalue weighted by Gasteiger charge is -2.08. The van der Waals surface area contributed by atoms with Crippen LogP contribution < -0.4 is 0 Å². The SMILES string of the molecule is OC(CCc1ccsc1)c1coc2ccccc12. The van der Waals surface area contributed by atoms with Crippen LogP contribution in [0.15, 0.2) is 51.8 Å². The molecule has 0 bridgehead atoms. The standard InChI is InChI=1S/C15H14O2S/c16-14(6-5-11-7-8-18-10-11)13-9-17-15-4-2-1-3-12(13)15/h1-4,7-10,14,16H,5-6H2. The molecule has 0 aliphatic rings. The van der Waals surface area contributed by atoms with Crippen LogP contribution in [0.4, 0.5) is 0 Å². The monoisotopic (exact) mass is 258 g/mol. The van der Waals surface area contributed by atoms with Crippen LogP contribution in [0.1, 0.15) is 23.7 Å². The van der Waals surface area contributed by atoms with Crippen molar-refractivity contribution in [3.63, 3.8) is 0 Å². The molecule has 3 rings (SSSR count). The Balaban J connectivity index is 1.77. The van der Waals surface area contributed by atoms with E-state index >= 15 is 0 Å². The lowest BCUT2D eigenvalue weighted by atomic mass is 10.0. The summed E-state index contributed by atoms with van der Waals surface area (Å²) < 4.78 is 5.45. The first-order valence-electron chi connectivity index (χ1n) is 6.00. The van der Waals surface area contributed by atoms with E-state index in [0.717, 1.165) is 29.4 Å². The van der Waals surface area contributed by atoms with Gasteiger partial charge in [0.25, 0.3) is 0 Å². The smallest absolute Gasteiger partial charge is 0.134 e. The molecule has 92 valence electrons. The minimum Gasteiger partial charge on any atom is -0.464 e. The molecule has 3 heteroatoms. The lowest BCUT2D eigenvalue weighted by molar-refractivity contribution is 0.168. The molecule has 1 N–H and O–H groups in total. The van der Waals surface area contributed by atoms with E-state index < -0.39 is 6.10 Å². The van der Waals surface area contributed by atoms with Gasteiger partial charge in [-0.05, 0) is 41.3 Å². The summed E-state index contributed by atoms with van der Waals surface area (Å²) in [5, 5.41) is 15.4. The zero-order chi connectivity index (χ0) is 12.4. The Morgan fingerprint density at radius 3 is 2.94 bits per heavy atom. The normalized spacial score (nSPS) is 12.9. The molecule has 1 aromatic carbocycles. The minimum absolute atomic E-state index is 0.464. The maximum Gasteiger partial charge on any atom is 0.134 e. The molecule has 2 heterocycles. The third-order valence-electron chi connectivity index (χ3n) is 3.16. The van der Waals surface area contributed by atoms with Gasteiger partial charge in [0, 0.05) is 10.9 Å². The number of aryl methyl sites for hydroxylation is 1. The lowest BCUT2D eigenvalue weighted by Crippen LogP contribution is -1.98. The number of furan rings is 1. The third-order valence-corrected chi connectivity index (χ3v) is 3.89. The van der Waals surface area contributed by atoms with Crippen LogP contribution in [0.25, 0.3) is 11.0 Å². The first-order chi connectivity index (χ1) is 8.84. The van der Waals surface area contributed by atoms with Gasteiger partial charge in [0.15, 0.2) is 0 Å². The van der Waals surface area contributed by atoms with Gasteiger partial charge in [-0.25, -0.2) is 0 Å². The summed E-state index contributed by atoms with van der Waals surface area (Å²) in [6, 6.07) is 9.91. The molecule has 0 radical (unpaired) electrons. The number of hydrogen-bond acceptors (Lipinski definition) is 3. The summed E-state index contributed by atoms with van der Waals surface area (Å²) >= 11 is 1.69. The number of para-hydroxylation sites is 1. The van der Waals surface area contributed by atoms with Crippen molar-refractivity contribution in [3.05, 3.63) is 58.5 Å². The Labute approximate surface area is 109 Å². The van der Waals surface area contributed by atoms with Crippen molar-refractivity contribution < 1.29 is 9.52 Å². The topological polar surface area (TPSA) is 33.4 Å². The Morgan fingerprint density at radius 1 is 1.22 bits per heavy atom. The highest BCUT2D eigenvalue weighted by molar-refractivity contribution is 7.07. The van der Waals surface area contributed by atoms with E-state index in [4.69, 9.17) is 4.42 Å². The largest absolute Gasteiger partial charge is 0.464 e. The van der Waals surface area contributed by atoms with Crippen molar-refractivity contribution in [2.24, 2.45) is 0 Å². The van der Waals surface area contributed by atoms with Gasteiger partial charge in [-0.15, -0.1) is 0 Å². The molecular weight excluding hydrogens is 244 g/mol. The first-order valence-corrected chi connectivity index (χ1v) is 6.94. The number of fused-ring (bicyclic) bond motifs is 1. The number of thiophene rings is 1. The highest BCUT2D eigenvalue weighted by Gasteiger charge is 2.14. The summed E-state index contributed by atoms with van der Waals surface area (Å²) in [5.41, 5.74) is 3.01. The van der Waals surface area contributed by atoms with Crippen LogP contribution in [-0.4, -0.2) is 5.11 Å². The maximum atomic E-state index is 10.2. The van der Waals surface area contributed by atoms with Crippen molar-refractivity contribution >= 4 is 22.3 Å². The maximum absolute atomic E-state index is 10.2. The van der Waals surface area contributed by atoms with E-state index in [1.165, 1.54) is 5.56 Å². The van der Waals surface area contributed by atoms with E-state index in [0.29, 0.717) is 0 Å². The van der Waals surface area contributed by atoms with Gasteiger partial charge in [0.05, 0.1) is 12.4 Å². The molecule has 0 spiro atoms. The van der Waals surface area contributed by atoms with Gasteiger partial charge in [0.1, 0.15) is 5.58 Å². The van der Waals surface area contributed by atoms with Gasteiger partial charge < -0.3 is 9.52 Å². The number of aliphatic hydroxyl groups is 1. The summed E-state index contributed by atoms with van der Waals surface area (Å²) in [6.45, 7) is 0. The second kappa shape index (κ2) is 4.96. The Bertz CT molecular complexity index is 625. The third kappa shape index (κ3) is 2.19. The average Bonchev–Trinajstić information content (AvgIpc) is 3.05. The molecule has 3 aromatic rings. The van der Waals surface area contributed by atoms with E-state index in [9.17, 15) is 5.11 Å². The van der Waals surface area contributed by atoms with Gasteiger partial charge in [-0.3, -0.25) is 0 Å². The molecule has 1 unspecified atom stereocenters. The number of benzene rings is 1. The predicted molar refractivity (Wildman–Crippen MR) is 73.8 cm³/mol. The molecule has 2 aromatic heterocycles. The Kier molecular flexibility index (Phi) is 3.17. The van der Waals surface area contributed by atoms with Gasteiger partial charge in [0.2, 0.25) is 0 Å². The second-order valence-electron chi connectivity index (χ2n) is 4.37. The Hall–Kier alpha value is -1.58. The van der Waals surface area contributed by atoms with Crippen LogP contribution >= 0.6 is 11.3 Å². The van der Waals surface area contributed by atoms with Gasteiger partial charge in [-0.2, -0.15) is 11.3 Å². The molecule has 0 aliphatic carbocycles. The van der Waals surface area contributed by atoms with Crippen molar-refractivity contribution in [2.45, 2.75) is 18.9 Å². The van der Waals surface area contributed by atoms with Crippen LogP contribution in [-0.2, 0) is 6.42 Å². The average molecular weight is 258 g/mol. The highest BCUT2D eigenvalue weighted by Crippen LogP contribution is 2.28. The molecule has 18 heavy (non-hydrogen) atoms. The second-order valence-corrected chi connectivity index (χ2v) is 5.15. The van der Waals surface area contributed by atoms with Crippen LogP contribution in [0.3, 0.4) is 0 Å². The van der Waals surface area contributed by atoms with Gasteiger partial charge >= 0.3 is 0 Å². The van der Waals surface area contributed by atoms with Gasteiger partial charge in [-0.1, -0.05) is 18.2 Å². The van der Waals surface area contributed by atoms with E-state index in [1.54, 1.807) is 17.6 Å². The Morgan fingerprint density at radius 2 is 2.11 bits per heavy atom. The molecule has 0 aliphatic heterocycles. The summed E-state index contributed by atoms with van der Waals surface area (Å²) in [7, 11) is 0. The van der Waals surface area contributed by atoms with Crippen LogP contribution in [0, 0.1) is 0 Å². The number of aliphatic hydroxyl groups excluding tert-OH is 1. The molecule has 0 amide bonds. The summed E-state index contributed by atoms with van der Waals surface area (Å²) in [4.78, 5) is 0. The van der Waals surface area contributed by atoms with E-state index in [-0.39, 0.29) is 0 Å². The van der Waals surface area contributed by atoms with Crippen molar-refractivity contribution in [1.82, 2.24) is 0 Å². The fourth-order valence-corrected chi connectivity index (χ4v) is 2.85. The zero-order valence-electron chi connectivity index (χ0n) is 9.87. The summed E-state index contributed by atoms with van der Waals surface area (Å²) in [5.74, 6) is 0. The van der Waals surface area contributed by atoms with Crippen LogP contribution in [0.5, 0.6) is 0 Å². The number of hydrogen-bond donors (Lipinski definition) is 1. The van der Waals surface area contributed by atoms with Crippen molar-refractivity contribution in [3.8, 4) is 0 Å². The molecule has 0 saturated heterocycles. The fourth-order valence-electron chi connectivity index (χ4n) is 2.15. The molecule has 1 atom stereocenters. The molecule has 0 saturated carbocycles. The quantitative estimate of drug-likeness (QED) is 0.762. The van der Waals surface area contributed by atoms with Crippen LogP contribution in [0.2, 0.25) is 0 Å². The summed E-state index contributed by atoms with van der Waals surface area (Å²) in [6.07, 6.45) is 2.82. The fraction of sp³-hybridized carbons (Fsp3) is 0.200. The molecular formula is C15H14O2S. The minimum atomic E-state index is -0.464. The number of rotatable bonds is 4. The first kappa shape index (κ1) is 11.5. The van der Waals surface area contributed by atoms with E-state index in [1.807, 2.05) is 24.3 Å². The van der Waals surface area contributed by atoms with E-state index in [2.05, 4.69) is 16.8 Å². The molecule has 2 nitrogen and oxygen atoms in total. The molecule has 0 fully saturated rings. The van der Waals surface area contributed by atoms with Crippen molar-refractivity contribution in [1.29, 1.82) is 0 Å². The van der Waals surface area contributed by atoms with Crippen molar-refractivity contribution in [2.75, 3.05) is 0 Å².